The SMILES string of the molecule is CC1ON=C(c2c(Cl)cccc2Cl)C1(C(N)=O)N1CCCCCC1. The fourth-order valence-corrected chi connectivity index (χ4v) is 4.31. The van der Waals surface area contributed by atoms with Crippen LogP contribution in [0.1, 0.15) is 38.2 Å². The Balaban J connectivity index is 2.15. The molecule has 1 aromatic carbocycles. The van der Waals surface area contributed by atoms with Crippen LogP contribution < -0.4 is 5.73 Å². The molecule has 2 aliphatic heterocycles. The Hall–Kier alpha value is -1.30. The van der Waals surface area contributed by atoms with E-state index in [2.05, 4.69) is 10.1 Å². The Morgan fingerprint density at radius 1 is 1.25 bits per heavy atom. The lowest BCUT2D eigenvalue weighted by molar-refractivity contribution is -0.131. The molecule has 0 radical (unpaired) electrons. The summed E-state index contributed by atoms with van der Waals surface area (Å²) in [5.74, 6) is -0.482. The molecule has 0 spiro atoms. The minimum Gasteiger partial charge on any atom is -0.389 e. The second kappa shape index (κ2) is 6.90. The Labute approximate surface area is 151 Å². The van der Waals surface area contributed by atoms with E-state index in [0.717, 1.165) is 38.8 Å². The topological polar surface area (TPSA) is 67.9 Å². The van der Waals surface area contributed by atoms with Crippen LogP contribution in [0.3, 0.4) is 0 Å². The Morgan fingerprint density at radius 3 is 2.38 bits per heavy atom. The van der Waals surface area contributed by atoms with Crippen LogP contribution in [0.4, 0.5) is 0 Å². The zero-order valence-electron chi connectivity index (χ0n) is 13.6. The van der Waals surface area contributed by atoms with Gasteiger partial charge in [0.25, 0.3) is 0 Å². The molecule has 2 unspecified atom stereocenters. The first kappa shape index (κ1) is 17.5. The van der Waals surface area contributed by atoms with Gasteiger partial charge in [-0.2, -0.15) is 0 Å². The number of primary amides is 1. The van der Waals surface area contributed by atoms with Crippen LogP contribution in [0, 0.1) is 0 Å². The average Bonchev–Trinajstić information content (AvgIpc) is 2.73. The third kappa shape index (κ3) is 2.68. The predicted molar refractivity (Wildman–Crippen MR) is 95.5 cm³/mol. The van der Waals surface area contributed by atoms with Gasteiger partial charge in [0, 0.05) is 5.56 Å². The molecule has 1 saturated heterocycles. The van der Waals surface area contributed by atoms with E-state index in [-0.39, 0.29) is 0 Å². The third-order valence-corrected chi connectivity index (χ3v) is 5.56. The Morgan fingerprint density at radius 2 is 1.83 bits per heavy atom. The summed E-state index contributed by atoms with van der Waals surface area (Å²) < 4.78 is 0. The van der Waals surface area contributed by atoms with Crippen molar-refractivity contribution in [2.24, 2.45) is 10.9 Å². The molecule has 7 heteroatoms. The maximum absolute atomic E-state index is 12.7. The van der Waals surface area contributed by atoms with Crippen molar-refractivity contribution >= 4 is 34.8 Å². The normalized spacial score (nSPS) is 28.1. The van der Waals surface area contributed by atoms with Crippen LogP contribution in [-0.4, -0.2) is 41.3 Å². The first-order valence-electron chi connectivity index (χ1n) is 8.23. The van der Waals surface area contributed by atoms with E-state index >= 15 is 0 Å². The molecule has 3 rings (SSSR count). The highest BCUT2D eigenvalue weighted by molar-refractivity contribution is 6.42. The van der Waals surface area contributed by atoms with Crippen molar-refractivity contribution in [1.29, 1.82) is 0 Å². The number of rotatable bonds is 3. The summed E-state index contributed by atoms with van der Waals surface area (Å²) in [4.78, 5) is 20.3. The monoisotopic (exact) mass is 369 g/mol. The molecule has 0 bridgehead atoms. The molecular weight excluding hydrogens is 349 g/mol. The van der Waals surface area contributed by atoms with Gasteiger partial charge >= 0.3 is 0 Å². The molecule has 1 amide bonds. The maximum atomic E-state index is 12.7. The molecule has 0 aromatic heterocycles. The summed E-state index contributed by atoms with van der Waals surface area (Å²) >= 11 is 12.7. The van der Waals surface area contributed by atoms with E-state index in [1.807, 2.05) is 6.92 Å². The highest BCUT2D eigenvalue weighted by Crippen LogP contribution is 2.38. The van der Waals surface area contributed by atoms with Gasteiger partial charge in [0.15, 0.2) is 11.6 Å². The van der Waals surface area contributed by atoms with Gasteiger partial charge in [0.1, 0.15) is 5.71 Å². The van der Waals surface area contributed by atoms with Crippen LogP contribution in [0.2, 0.25) is 10.0 Å². The number of nitrogens with two attached hydrogens (primary N) is 1. The zero-order valence-corrected chi connectivity index (χ0v) is 15.1. The Kier molecular flexibility index (Phi) is 5.04. The van der Waals surface area contributed by atoms with E-state index in [0.29, 0.717) is 21.3 Å². The standard InChI is InChI=1S/C17H21Cl2N3O2/c1-11-17(16(20)23,22-9-4-2-3-5-10-22)15(21-24-11)14-12(18)7-6-8-13(14)19/h6-8,11H,2-5,9-10H2,1H3,(H2,20,23). The molecular formula is C17H21Cl2N3O2. The first-order valence-corrected chi connectivity index (χ1v) is 8.98. The quantitative estimate of drug-likeness (QED) is 0.888. The maximum Gasteiger partial charge on any atom is 0.248 e. The van der Waals surface area contributed by atoms with Crippen molar-refractivity contribution in [2.45, 2.75) is 44.2 Å². The number of likely N-dealkylation sites (tertiary alicyclic amines) is 1. The van der Waals surface area contributed by atoms with E-state index in [1.165, 1.54) is 0 Å². The second-order valence-electron chi connectivity index (χ2n) is 6.32. The number of amides is 1. The highest BCUT2D eigenvalue weighted by atomic mass is 35.5. The number of nitrogens with zero attached hydrogens (tertiary/aromatic N) is 2. The van der Waals surface area contributed by atoms with Gasteiger partial charge in [-0.15, -0.1) is 0 Å². The van der Waals surface area contributed by atoms with Gasteiger partial charge < -0.3 is 10.6 Å². The average molecular weight is 370 g/mol. The summed E-state index contributed by atoms with van der Waals surface area (Å²) in [7, 11) is 0. The number of halogens is 2. The van der Waals surface area contributed by atoms with Crippen molar-refractivity contribution in [3.8, 4) is 0 Å². The fraction of sp³-hybridized carbons (Fsp3) is 0.529. The molecule has 2 heterocycles. The summed E-state index contributed by atoms with van der Waals surface area (Å²) in [6, 6.07) is 5.21. The lowest BCUT2D eigenvalue weighted by atomic mass is 9.81. The van der Waals surface area contributed by atoms with E-state index in [1.54, 1.807) is 18.2 Å². The van der Waals surface area contributed by atoms with Crippen LogP contribution in [0.5, 0.6) is 0 Å². The number of hydrogen-bond donors (Lipinski definition) is 1. The fourth-order valence-electron chi connectivity index (χ4n) is 3.73. The van der Waals surface area contributed by atoms with Crippen LogP contribution in [0.15, 0.2) is 23.4 Å². The van der Waals surface area contributed by atoms with Crippen molar-refractivity contribution < 1.29 is 9.63 Å². The summed E-state index contributed by atoms with van der Waals surface area (Å²) in [5, 5.41) is 5.05. The summed E-state index contributed by atoms with van der Waals surface area (Å²) in [6.07, 6.45) is 3.78. The lowest BCUT2D eigenvalue weighted by Crippen LogP contribution is -2.67. The minimum absolute atomic E-state index is 0.417. The van der Waals surface area contributed by atoms with Crippen LogP contribution >= 0.6 is 23.2 Å². The van der Waals surface area contributed by atoms with Gasteiger partial charge in [-0.3, -0.25) is 9.69 Å². The molecule has 24 heavy (non-hydrogen) atoms. The van der Waals surface area contributed by atoms with E-state index in [4.69, 9.17) is 33.8 Å². The van der Waals surface area contributed by atoms with Gasteiger partial charge in [0.2, 0.25) is 5.91 Å². The second-order valence-corrected chi connectivity index (χ2v) is 7.13. The van der Waals surface area contributed by atoms with Crippen LogP contribution in [-0.2, 0) is 9.63 Å². The summed E-state index contributed by atoms with van der Waals surface area (Å²) in [5.41, 5.74) is 5.69. The zero-order chi connectivity index (χ0) is 17.3. The highest BCUT2D eigenvalue weighted by Gasteiger charge is 2.58. The van der Waals surface area contributed by atoms with Crippen molar-refractivity contribution in [3.05, 3.63) is 33.8 Å². The van der Waals surface area contributed by atoms with Crippen molar-refractivity contribution in [1.82, 2.24) is 4.90 Å². The minimum atomic E-state index is -1.15. The first-order chi connectivity index (χ1) is 11.5. The largest absolute Gasteiger partial charge is 0.389 e. The summed E-state index contributed by atoms with van der Waals surface area (Å²) in [6.45, 7) is 3.34. The molecule has 5 nitrogen and oxygen atoms in total. The van der Waals surface area contributed by atoms with Gasteiger partial charge in [0.05, 0.1) is 10.0 Å². The number of carbonyl (C=O) groups excluding carboxylic acids is 1. The van der Waals surface area contributed by atoms with Crippen molar-refractivity contribution in [3.63, 3.8) is 0 Å². The molecule has 0 saturated carbocycles. The molecule has 2 atom stereocenters. The smallest absolute Gasteiger partial charge is 0.248 e. The van der Waals surface area contributed by atoms with Gasteiger partial charge in [-0.1, -0.05) is 47.3 Å². The molecule has 0 aliphatic carbocycles. The number of oxime groups is 1. The number of hydrogen-bond acceptors (Lipinski definition) is 4. The molecule has 2 aliphatic rings. The molecule has 1 fully saturated rings. The van der Waals surface area contributed by atoms with Gasteiger partial charge in [-0.25, -0.2) is 0 Å². The van der Waals surface area contributed by atoms with E-state index < -0.39 is 17.6 Å². The molecule has 130 valence electrons. The van der Waals surface area contributed by atoms with Gasteiger partial charge in [-0.05, 0) is 45.0 Å². The number of carbonyl (C=O) groups is 1. The molecule has 1 aromatic rings. The van der Waals surface area contributed by atoms with Crippen LogP contribution in [0.25, 0.3) is 0 Å². The molecule has 2 N–H and O–H groups in total. The number of benzene rings is 1. The van der Waals surface area contributed by atoms with Crippen molar-refractivity contribution in [2.75, 3.05) is 13.1 Å². The Bertz CT molecular complexity index is 652. The van der Waals surface area contributed by atoms with E-state index in [9.17, 15) is 4.79 Å². The lowest BCUT2D eigenvalue weighted by Gasteiger charge is -2.40. The predicted octanol–water partition coefficient (Wildman–Crippen LogP) is 3.22. The third-order valence-electron chi connectivity index (χ3n) is 4.93.